The molecule has 0 amide bonds. The molecule has 67 heavy (non-hydrogen) atoms. The highest BCUT2D eigenvalue weighted by atomic mass is 16.7. The molecule has 18 heteroatoms. The molecule has 0 unspecified atom stereocenters. The zero-order valence-electron chi connectivity index (χ0n) is 39.2. The minimum absolute atomic E-state index is 0.0345. The first-order chi connectivity index (χ1) is 31.7. The Morgan fingerprint density at radius 1 is 0.687 bits per heavy atom. The van der Waals surface area contributed by atoms with E-state index in [9.17, 15) is 60.7 Å². The van der Waals surface area contributed by atoms with Crippen LogP contribution in [0.3, 0.4) is 0 Å². The highest BCUT2D eigenvalue weighted by Gasteiger charge is 2.51. The number of nitrogens with two attached hydrogens (primary N) is 1. The van der Waals surface area contributed by atoms with Gasteiger partial charge in [-0.3, -0.25) is 9.59 Å². The van der Waals surface area contributed by atoms with Crippen LogP contribution in [0.15, 0.2) is 85.1 Å². The van der Waals surface area contributed by atoms with Crippen molar-refractivity contribution >= 4 is 11.9 Å². The Morgan fingerprint density at radius 2 is 1.27 bits per heavy atom. The van der Waals surface area contributed by atoms with Crippen molar-refractivity contribution < 1.29 is 84.3 Å². The first-order valence-corrected chi connectivity index (χ1v) is 23.3. The molecular weight excluding hydrogens is 875 g/mol. The number of cyclic esters (lactones) is 1. The largest absolute Gasteiger partial charge is 0.466 e. The van der Waals surface area contributed by atoms with Crippen LogP contribution in [-0.2, 0) is 33.3 Å². The van der Waals surface area contributed by atoms with Gasteiger partial charge in [0.1, 0.15) is 18.1 Å². The van der Waals surface area contributed by atoms with Crippen molar-refractivity contribution in [1.82, 2.24) is 0 Å². The maximum Gasteiger partial charge on any atom is 0.314 e. The van der Waals surface area contributed by atoms with Crippen LogP contribution in [0.1, 0.15) is 86.0 Å². The van der Waals surface area contributed by atoms with Crippen LogP contribution in [0.4, 0.5) is 0 Å². The molecule has 380 valence electrons. The monoisotopic (exact) mass is 952 g/mol. The lowest BCUT2D eigenvalue weighted by atomic mass is 9.82. The maximum atomic E-state index is 13.3. The van der Waals surface area contributed by atoms with E-state index in [1.165, 1.54) is 0 Å². The number of allylic oxidation sites excluding steroid dienone is 12. The molecule has 0 aromatic heterocycles. The van der Waals surface area contributed by atoms with Gasteiger partial charge >= 0.3 is 11.9 Å². The number of hydrogen-bond acceptors (Lipinski definition) is 18. The van der Waals surface area contributed by atoms with E-state index < -0.39 is 147 Å². The van der Waals surface area contributed by atoms with E-state index in [1.54, 1.807) is 82.4 Å². The molecule has 0 spiro atoms. The van der Waals surface area contributed by atoms with Gasteiger partial charge in [-0.15, -0.1) is 0 Å². The number of rotatable bonds is 4. The third-order valence-corrected chi connectivity index (χ3v) is 12.3. The Kier molecular flexibility index (Phi) is 25.0. The van der Waals surface area contributed by atoms with Gasteiger partial charge in [0.2, 0.25) is 0 Å². The van der Waals surface area contributed by atoms with Crippen molar-refractivity contribution in [1.29, 1.82) is 0 Å². The second-order valence-corrected chi connectivity index (χ2v) is 18.0. The van der Waals surface area contributed by atoms with Crippen molar-refractivity contribution in [2.45, 2.75) is 183 Å². The van der Waals surface area contributed by atoms with Crippen LogP contribution in [0, 0.1) is 17.8 Å². The number of fused-ring (bicyclic) bond motifs is 2. The molecule has 12 N–H and O–H groups in total. The van der Waals surface area contributed by atoms with Crippen LogP contribution in [0.2, 0.25) is 0 Å². The SMILES string of the molecule is CCOC(=O)[C@H]1[C@@H]2C[C@@H](O[C@@H]3O[C@H](C)[C@@H](O)[C@H](N)[C@H]3O)C=CC=CC=CC=CC=CC=CC=C[C@H](C)[C@@H](O)[C@@H](C)[C@H](C)OC(=O)C[C@H](O)C[C@H](O)CC[C@@H](O)[C@H](O)C[C@H](O)C[C@](O)(C[C@@H]1O)O2. The molecule has 0 aliphatic carbocycles. The standard InChI is InChI=1S/C49H77NO17/c1-6-63-47(61)42-39(56)28-49(62)27-35(53)24-38(55)37(54)22-21-33(51)23-34(52)25-41(57)64-31(4)30(3)44(58)29(2)19-17-15-13-11-9-7-8-10-12-14-16-18-20-36(26-40(42)67-49)66-48-46(60)43(50)45(59)32(5)65-48/h7-20,29-40,42-46,48,51-56,58-60,62H,6,21-28,50H2,1-5H3/t29-,30-,31-,32+,33+,34+,35-,36-,37+,38+,39-,40-,42+,43-,44+,45+,46+,48-,49+/m0/s1. The lowest BCUT2D eigenvalue weighted by Gasteiger charge is -2.45. The summed E-state index contributed by atoms with van der Waals surface area (Å²) in [5.74, 6) is -5.90. The van der Waals surface area contributed by atoms with Crippen molar-refractivity contribution in [2.24, 2.45) is 23.5 Å². The summed E-state index contributed by atoms with van der Waals surface area (Å²) in [6.07, 6.45) is 4.56. The van der Waals surface area contributed by atoms with E-state index >= 15 is 0 Å². The van der Waals surface area contributed by atoms with Crippen molar-refractivity contribution in [2.75, 3.05) is 6.61 Å². The van der Waals surface area contributed by atoms with Gasteiger partial charge in [-0.2, -0.15) is 0 Å². The maximum absolute atomic E-state index is 13.3. The average Bonchev–Trinajstić information content (AvgIpc) is 3.25. The van der Waals surface area contributed by atoms with E-state index in [0.29, 0.717) is 0 Å². The highest BCUT2D eigenvalue weighted by Crippen LogP contribution is 2.38. The lowest BCUT2D eigenvalue weighted by molar-refractivity contribution is -0.309. The summed E-state index contributed by atoms with van der Waals surface area (Å²) >= 11 is 0. The molecule has 3 heterocycles. The van der Waals surface area contributed by atoms with Gasteiger partial charge in [0.05, 0.1) is 86.2 Å². The first-order valence-electron chi connectivity index (χ1n) is 23.3. The summed E-state index contributed by atoms with van der Waals surface area (Å²) < 4.78 is 28.8. The molecule has 0 aromatic carbocycles. The topological polar surface area (TPSA) is 309 Å². The fourth-order valence-electron chi connectivity index (χ4n) is 8.19. The fraction of sp³-hybridized carbons (Fsp3) is 0.673. The minimum Gasteiger partial charge on any atom is -0.466 e. The van der Waals surface area contributed by atoms with Crippen molar-refractivity contribution in [3.05, 3.63) is 85.1 Å². The second-order valence-electron chi connectivity index (χ2n) is 18.0. The quantitative estimate of drug-likeness (QED) is 0.176. The first kappa shape index (κ1) is 57.9. The number of aliphatic hydroxyl groups is 10. The molecule has 2 bridgehead atoms. The minimum atomic E-state index is -2.27. The highest BCUT2D eigenvalue weighted by molar-refractivity contribution is 5.74. The predicted molar refractivity (Wildman–Crippen MR) is 246 cm³/mol. The number of carbonyl (C=O) groups excluding carboxylic acids is 2. The third-order valence-electron chi connectivity index (χ3n) is 12.3. The third kappa shape index (κ3) is 19.5. The van der Waals surface area contributed by atoms with Crippen molar-refractivity contribution in [3.8, 4) is 0 Å². The number of carbonyl (C=O) groups is 2. The van der Waals surface area contributed by atoms with Gasteiger partial charge in [0.25, 0.3) is 0 Å². The summed E-state index contributed by atoms with van der Waals surface area (Å²) in [6.45, 7) is 8.33. The van der Waals surface area contributed by atoms with Crippen LogP contribution in [0.25, 0.3) is 0 Å². The fourth-order valence-corrected chi connectivity index (χ4v) is 8.19. The molecule has 19 atom stereocenters. The van der Waals surface area contributed by atoms with Gasteiger partial charge in [-0.1, -0.05) is 98.9 Å². The molecule has 3 aliphatic rings. The van der Waals surface area contributed by atoms with Gasteiger partial charge in [-0.25, -0.2) is 0 Å². The van der Waals surface area contributed by atoms with Gasteiger partial charge in [0, 0.05) is 37.5 Å². The number of ether oxygens (including phenoxy) is 5. The number of aliphatic hydroxyl groups excluding tert-OH is 9. The van der Waals surface area contributed by atoms with E-state index in [1.807, 2.05) is 37.3 Å². The summed E-state index contributed by atoms with van der Waals surface area (Å²) in [5.41, 5.74) is 6.07. The summed E-state index contributed by atoms with van der Waals surface area (Å²) in [4.78, 5) is 25.9. The molecule has 0 aromatic rings. The Balaban J connectivity index is 1.90. The van der Waals surface area contributed by atoms with E-state index in [-0.39, 0.29) is 38.2 Å². The average molecular weight is 952 g/mol. The molecule has 3 aliphatic heterocycles. The van der Waals surface area contributed by atoms with Crippen LogP contribution >= 0.6 is 0 Å². The molecule has 0 saturated carbocycles. The Hall–Kier alpha value is -3.44. The van der Waals surface area contributed by atoms with Crippen molar-refractivity contribution in [3.63, 3.8) is 0 Å². The molecular formula is C49H77NO17. The van der Waals surface area contributed by atoms with E-state index in [0.717, 1.165) is 0 Å². The summed E-state index contributed by atoms with van der Waals surface area (Å²) in [5, 5.41) is 109. The van der Waals surface area contributed by atoms with E-state index in [2.05, 4.69) is 0 Å². The Bertz CT molecular complexity index is 1700. The molecule has 18 nitrogen and oxygen atoms in total. The van der Waals surface area contributed by atoms with Crippen LogP contribution in [-0.4, -0.2) is 167 Å². The van der Waals surface area contributed by atoms with Crippen LogP contribution in [0.5, 0.6) is 0 Å². The molecule has 3 rings (SSSR count). The number of esters is 2. The summed E-state index contributed by atoms with van der Waals surface area (Å²) in [6, 6.07) is -1.13. The zero-order chi connectivity index (χ0) is 49.8. The lowest BCUT2D eigenvalue weighted by Crippen LogP contribution is -2.61. The smallest absolute Gasteiger partial charge is 0.314 e. The molecule has 0 radical (unpaired) electrons. The van der Waals surface area contributed by atoms with Gasteiger partial charge in [-0.05, 0) is 40.0 Å². The van der Waals surface area contributed by atoms with E-state index in [4.69, 9.17) is 29.4 Å². The van der Waals surface area contributed by atoms with Gasteiger partial charge < -0.3 is 80.5 Å². The number of hydrogen-bond donors (Lipinski definition) is 11. The summed E-state index contributed by atoms with van der Waals surface area (Å²) in [7, 11) is 0. The molecule has 2 saturated heterocycles. The Labute approximate surface area is 394 Å². The zero-order valence-corrected chi connectivity index (χ0v) is 39.2. The molecule has 2 fully saturated rings. The van der Waals surface area contributed by atoms with Gasteiger partial charge in [0.15, 0.2) is 12.1 Å². The normalized spacial score (nSPS) is 41.1. The van der Waals surface area contributed by atoms with Crippen LogP contribution < -0.4 is 5.73 Å². The predicted octanol–water partition coefficient (Wildman–Crippen LogP) is 1.19. The second kappa shape index (κ2) is 28.9. The Morgan fingerprint density at radius 3 is 1.87 bits per heavy atom.